The molecule has 0 bridgehead atoms. The van der Waals surface area contributed by atoms with Gasteiger partial charge in [-0.15, -0.1) is 0 Å². The molecule has 3 aromatic carbocycles. The standard InChI is InChI=1S/C46H62O8/c1-7-9-11-12-36-13-15-37(16-14-36)17-18-38-19-21-41(43(30-38)52-28-29-54-45(50)35(5)6)39-20-22-42(40(31-39)23-26-53-44(49)34(3)4)51-27-25-46(32-47,33-48)24-10-8-2/h13-16,19-22,30-31,47-48H,3,5,7-12,17-18,23-29,32-33H2,1-2,4,6H3. The van der Waals surface area contributed by atoms with Crippen LogP contribution in [0.5, 0.6) is 11.5 Å². The van der Waals surface area contributed by atoms with E-state index < -0.39 is 17.4 Å². The molecule has 8 heteroatoms. The lowest BCUT2D eigenvalue weighted by Gasteiger charge is -2.30. The number of esters is 2. The zero-order valence-corrected chi connectivity index (χ0v) is 33.1. The maximum atomic E-state index is 12.2. The number of carbonyl (C=O) groups is 2. The molecule has 0 saturated carbocycles. The molecule has 0 heterocycles. The first-order chi connectivity index (χ1) is 26.0. The maximum absolute atomic E-state index is 12.2. The summed E-state index contributed by atoms with van der Waals surface area (Å²) in [5.74, 6) is 0.372. The Hall–Kier alpha value is -4.40. The largest absolute Gasteiger partial charge is 0.493 e. The lowest BCUT2D eigenvalue weighted by molar-refractivity contribution is -0.140. The van der Waals surface area contributed by atoms with Gasteiger partial charge in [0.05, 0.1) is 26.4 Å². The highest BCUT2D eigenvalue weighted by Crippen LogP contribution is 2.35. The molecule has 3 aromatic rings. The SMILES string of the molecule is C=C(C)C(=O)OCCOc1cc(CCc2ccc(CCCCC)cc2)ccc1-c1ccc(OCCC(CO)(CO)CCCC)c(CCOC(=O)C(=C)C)c1. The Morgan fingerprint density at radius 1 is 0.611 bits per heavy atom. The summed E-state index contributed by atoms with van der Waals surface area (Å²) in [6.07, 6.45) is 9.96. The molecule has 0 saturated heterocycles. The van der Waals surface area contributed by atoms with Crippen molar-refractivity contribution in [2.24, 2.45) is 5.41 Å². The second-order valence-electron chi connectivity index (χ2n) is 14.4. The highest BCUT2D eigenvalue weighted by atomic mass is 16.6. The van der Waals surface area contributed by atoms with Gasteiger partial charge in [0.15, 0.2) is 0 Å². The first kappa shape index (κ1) is 44.0. The van der Waals surface area contributed by atoms with Crippen molar-refractivity contribution < 1.29 is 38.7 Å². The fourth-order valence-electron chi connectivity index (χ4n) is 6.11. The van der Waals surface area contributed by atoms with Crippen LogP contribution in [0.4, 0.5) is 0 Å². The first-order valence-corrected chi connectivity index (χ1v) is 19.5. The second kappa shape index (κ2) is 23.4. The van der Waals surface area contributed by atoms with Gasteiger partial charge in [-0.3, -0.25) is 0 Å². The number of hydrogen-bond acceptors (Lipinski definition) is 8. The summed E-state index contributed by atoms with van der Waals surface area (Å²) in [5, 5.41) is 20.3. The molecule has 54 heavy (non-hydrogen) atoms. The van der Waals surface area contributed by atoms with Crippen LogP contribution in [0, 0.1) is 5.41 Å². The van der Waals surface area contributed by atoms with Crippen LogP contribution in [0.3, 0.4) is 0 Å². The van der Waals surface area contributed by atoms with Gasteiger partial charge in [-0.05, 0) is 98.4 Å². The average Bonchev–Trinajstić information content (AvgIpc) is 3.18. The number of aliphatic hydroxyl groups excluding tert-OH is 2. The molecule has 3 rings (SSSR count). The third kappa shape index (κ3) is 14.4. The van der Waals surface area contributed by atoms with E-state index in [9.17, 15) is 19.8 Å². The van der Waals surface area contributed by atoms with E-state index in [2.05, 4.69) is 57.3 Å². The molecule has 2 N–H and O–H groups in total. The van der Waals surface area contributed by atoms with Gasteiger partial charge >= 0.3 is 11.9 Å². The van der Waals surface area contributed by atoms with Gasteiger partial charge in [0.1, 0.15) is 24.7 Å². The third-order valence-corrected chi connectivity index (χ3v) is 9.71. The number of ether oxygens (including phenoxy) is 4. The highest BCUT2D eigenvalue weighted by Gasteiger charge is 2.28. The van der Waals surface area contributed by atoms with Crippen molar-refractivity contribution in [1.29, 1.82) is 0 Å². The molecule has 0 aliphatic carbocycles. The van der Waals surface area contributed by atoms with E-state index in [0.717, 1.165) is 54.4 Å². The summed E-state index contributed by atoms with van der Waals surface area (Å²) in [6, 6.07) is 21.0. The summed E-state index contributed by atoms with van der Waals surface area (Å²) < 4.78 is 23.3. The molecule has 0 amide bonds. The molecule has 0 fully saturated rings. The van der Waals surface area contributed by atoms with Crippen LogP contribution in [0.1, 0.15) is 94.9 Å². The zero-order valence-electron chi connectivity index (χ0n) is 33.1. The summed E-state index contributed by atoms with van der Waals surface area (Å²) in [4.78, 5) is 24.2. The lowest BCUT2D eigenvalue weighted by atomic mass is 9.81. The van der Waals surface area contributed by atoms with Gasteiger partial charge < -0.3 is 29.2 Å². The number of carbonyl (C=O) groups excluding carboxylic acids is 2. The number of unbranched alkanes of at least 4 members (excludes halogenated alkanes) is 3. The van der Waals surface area contributed by atoms with Crippen LogP contribution in [0.25, 0.3) is 11.1 Å². The molecular formula is C46H62O8. The number of aryl methyl sites for hydroxylation is 3. The van der Waals surface area contributed by atoms with Gasteiger partial charge in [0.25, 0.3) is 0 Å². The molecule has 0 aliphatic rings. The summed E-state index contributed by atoms with van der Waals surface area (Å²) in [6.45, 7) is 15.3. The topological polar surface area (TPSA) is 112 Å². The summed E-state index contributed by atoms with van der Waals surface area (Å²) >= 11 is 0. The van der Waals surface area contributed by atoms with Crippen LogP contribution in [0.15, 0.2) is 85.0 Å². The van der Waals surface area contributed by atoms with E-state index in [-0.39, 0.29) is 33.0 Å². The number of hydrogen-bond donors (Lipinski definition) is 2. The Bertz CT molecular complexity index is 1640. The average molecular weight is 743 g/mol. The minimum atomic E-state index is -0.614. The van der Waals surface area contributed by atoms with Crippen LogP contribution in [0.2, 0.25) is 0 Å². The van der Waals surface area contributed by atoms with Gasteiger partial charge in [-0.25, -0.2) is 9.59 Å². The third-order valence-electron chi connectivity index (χ3n) is 9.71. The fourth-order valence-corrected chi connectivity index (χ4v) is 6.11. The van der Waals surface area contributed by atoms with Crippen LogP contribution >= 0.6 is 0 Å². The van der Waals surface area contributed by atoms with Gasteiger partial charge in [0, 0.05) is 28.5 Å². The lowest BCUT2D eigenvalue weighted by Crippen LogP contribution is -2.32. The predicted molar refractivity (Wildman–Crippen MR) is 216 cm³/mol. The quantitative estimate of drug-likeness (QED) is 0.0477. The minimum absolute atomic E-state index is 0.0769. The van der Waals surface area contributed by atoms with Crippen molar-refractivity contribution in [2.75, 3.05) is 39.6 Å². The van der Waals surface area contributed by atoms with Crippen LogP contribution < -0.4 is 9.47 Å². The van der Waals surface area contributed by atoms with E-state index in [0.29, 0.717) is 48.5 Å². The normalized spacial score (nSPS) is 11.2. The highest BCUT2D eigenvalue weighted by molar-refractivity contribution is 5.87. The Kier molecular flexibility index (Phi) is 19.1. The number of rotatable bonds is 26. The Balaban J connectivity index is 1.88. The van der Waals surface area contributed by atoms with Gasteiger partial charge in [-0.1, -0.05) is 95.2 Å². The molecule has 0 atom stereocenters. The Morgan fingerprint density at radius 2 is 1.20 bits per heavy atom. The Labute approximate surface area is 323 Å². The molecule has 0 unspecified atom stereocenters. The number of aliphatic hydroxyl groups is 2. The minimum Gasteiger partial charge on any atom is -0.493 e. The van der Waals surface area contributed by atoms with Crippen molar-refractivity contribution >= 4 is 11.9 Å². The van der Waals surface area contributed by atoms with E-state index >= 15 is 0 Å². The first-order valence-electron chi connectivity index (χ1n) is 19.5. The van der Waals surface area contributed by atoms with Crippen LogP contribution in [-0.4, -0.2) is 61.8 Å². The van der Waals surface area contributed by atoms with Crippen molar-refractivity contribution in [2.45, 2.75) is 98.3 Å². The molecule has 0 radical (unpaired) electrons. The predicted octanol–water partition coefficient (Wildman–Crippen LogP) is 8.96. The van der Waals surface area contributed by atoms with E-state index in [1.54, 1.807) is 13.8 Å². The monoisotopic (exact) mass is 742 g/mol. The van der Waals surface area contributed by atoms with E-state index in [1.807, 2.05) is 30.3 Å². The fraction of sp³-hybridized carbons (Fsp3) is 0.478. The van der Waals surface area contributed by atoms with Crippen molar-refractivity contribution in [1.82, 2.24) is 0 Å². The van der Waals surface area contributed by atoms with Crippen molar-refractivity contribution in [3.63, 3.8) is 0 Å². The molecular weight excluding hydrogens is 680 g/mol. The van der Waals surface area contributed by atoms with E-state index in [1.165, 1.54) is 30.4 Å². The van der Waals surface area contributed by atoms with Gasteiger partial charge in [-0.2, -0.15) is 0 Å². The summed E-state index contributed by atoms with van der Waals surface area (Å²) in [7, 11) is 0. The maximum Gasteiger partial charge on any atom is 0.333 e. The molecule has 0 spiro atoms. The molecule has 294 valence electrons. The van der Waals surface area contributed by atoms with Gasteiger partial charge in [0.2, 0.25) is 0 Å². The zero-order chi connectivity index (χ0) is 39.3. The number of benzene rings is 3. The van der Waals surface area contributed by atoms with E-state index in [4.69, 9.17) is 18.9 Å². The molecule has 0 aliphatic heterocycles. The Morgan fingerprint density at radius 3 is 1.83 bits per heavy atom. The summed E-state index contributed by atoms with van der Waals surface area (Å²) in [5.41, 5.74) is 6.38. The van der Waals surface area contributed by atoms with Crippen LogP contribution in [-0.2, 0) is 44.7 Å². The van der Waals surface area contributed by atoms with Crippen molar-refractivity contribution in [3.8, 4) is 22.6 Å². The second-order valence-corrected chi connectivity index (χ2v) is 14.4. The molecule has 0 aromatic heterocycles. The van der Waals surface area contributed by atoms with Crippen molar-refractivity contribution in [3.05, 3.63) is 107 Å². The molecule has 8 nitrogen and oxygen atoms in total. The smallest absolute Gasteiger partial charge is 0.333 e.